The molecule has 1 atom stereocenters. The maximum atomic E-state index is 12.0. The van der Waals surface area contributed by atoms with Crippen LogP contribution in [0.1, 0.15) is 25.5 Å². The normalized spacial score (nSPS) is 20.0. The van der Waals surface area contributed by atoms with Gasteiger partial charge in [0.15, 0.2) is 0 Å². The van der Waals surface area contributed by atoms with Crippen LogP contribution in [0.2, 0.25) is 0 Å². The van der Waals surface area contributed by atoms with Crippen LogP contribution in [0.3, 0.4) is 0 Å². The molecule has 0 bridgehead atoms. The molecular formula is C14H25N3O2S2. The minimum Gasteiger partial charge on any atom is -0.304 e. The summed E-state index contributed by atoms with van der Waals surface area (Å²) in [4.78, 5) is 4.68. The van der Waals surface area contributed by atoms with Crippen LogP contribution in [0.15, 0.2) is 16.8 Å². The summed E-state index contributed by atoms with van der Waals surface area (Å²) in [6.07, 6.45) is 0. The quantitative estimate of drug-likeness (QED) is 0.855. The molecule has 21 heavy (non-hydrogen) atoms. The maximum Gasteiger partial charge on any atom is 0.213 e. The van der Waals surface area contributed by atoms with E-state index in [2.05, 4.69) is 38.4 Å². The van der Waals surface area contributed by atoms with Crippen LogP contribution < -0.4 is 4.72 Å². The third-order valence-electron chi connectivity index (χ3n) is 4.01. The van der Waals surface area contributed by atoms with Crippen molar-refractivity contribution in [1.82, 2.24) is 14.5 Å². The molecule has 1 saturated heterocycles. The number of nitrogens with one attached hydrogen (secondary N) is 1. The van der Waals surface area contributed by atoms with Crippen LogP contribution in [-0.4, -0.2) is 63.2 Å². The molecule has 0 aromatic carbocycles. The number of hydrogen-bond acceptors (Lipinski definition) is 5. The molecule has 1 unspecified atom stereocenters. The lowest BCUT2D eigenvalue weighted by Gasteiger charge is -2.38. The zero-order valence-corrected chi connectivity index (χ0v) is 14.6. The van der Waals surface area contributed by atoms with Gasteiger partial charge < -0.3 is 4.90 Å². The Morgan fingerprint density at radius 3 is 2.48 bits per heavy atom. The Labute approximate surface area is 132 Å². The molecular weight excluding hydrogens is 306 g/mol. The van der Waals surface area contributed by atoms with Gasteiger partial charge in [-0.25, -0.2) is 13.1 Å². The van der Waals surface area contributed by atoms with E-state index < -0.39 is 15.3 Å². The SMILES string of the molecule is CC(C)S(=O)(=O)NCC(c1ccsc1)N1CCN(C)CC1. The molecule has 0 aliphatic carbocycles. The Bertz CT molecular complexity index is 520. The summed E-state index contributed by atoms with van der Waals surface area (Å²) < 4.78 is 26.8. The highest BCUT2D eigenvalue weighted by atomic mass is 32.2. The van der Waals surface area contributed by atoms with Gasteiger partial charge in [-0.1, -0.05) is 0 Å². The molecule has 2 rings (SSSR count). The molecule has 2 heterocycles. The number of hydrogen-bond donors (Lipinski definition) is 1. The highest BCUT2D eigenvalue weighted by Crippen LogP contribution is 2.24. The summed E-state index contributed by atoms with van der Waals surface area (Å²) in [6.45, 7) is 7.85. The Hall–Kier alpha value is -0.470. The first-order valence-electron chi connectivity index (χ1n) is 7.33. The van der Waals surface area contributed by atoms with Crippen LogP contribution in [0.5, 0.6) is 0 Å². The van der Waals surface area contributed by atoms with E-state index in [-0.39, 0.29) is 6.04 Å². The van der Waals surface area contributed by atoms with Gasteiger partial charge in [0, 0.05) is 38.8 Å². The van der Waals surface area contributed by atoms with E-state index in [9.17, 15) is 8.42 Å². The average Bonchev–Trinajstić information content (AvgIpc) is 2.94. The summed E-state index contributed by atoms with van der Waals surface area (Å²) in [6, 6.07) is 2.22. The number of sulfonamides is 1. The van der Waals surface area contributed by atoms with Gasteiger partial charge >= 0.3 is 0 Å². The Kier molecular flexibility index (Phi) is 5.79. The maximum absolute atomic E-state index is 12.0. The largest absolute Gasteiger partial charge is 0.304 e. The minimum absolute atomic E-state index is 0.124. The second-order valence-corrected chi connectivity index (χ2v) is 8.96. The van der Waals surface area contributed by atoms with Crippen molar-refractivity contribution in [2.45, 2.75) is 25.1 Å². The summed E-state index contributed by atoms with van der Waals surface area (Å²) in [7, 11) is -1.09. The smallest absolute Gasteiger partial charge is 0.213 e. The highest BCUT2D eigenvalue weighted by Gasteiger charge is 2.26. The van der Waals surface area contributed by atoms with Gasteiger partial charge in [-0.3, -0.25) is 4.90 Å². The molecule has 0 radical (unpaired) electrons. The van der Waals surface area contributed by atoms with Crippen LogP contribution in [0, 0.1) is 0 Å². The van der Waals surface area contributed by atoms with Crippen molar-refractivity contribution in [2.24, 2.45) is 0 Å². The third kappa shape index (κ3) is 4.50. The minimum atomic E-state index is -3.22. The van der Waals surface area contributed by atoms with Crippen molar-refractivity contribution >= 4 is 21.4 Å². The lowest BCUT2D eigenvalue weighted by atomic mass is 10.1. The molecule has 1 aromatic rings. The highest BCUT2D eigenvalue weighted by molar-refractivity contribution is 7.90. The summed E-state index contributed by atoms with van der Waals surface area (Å²) in [5, 5.41) is 3.77. The topological polar surface area (TPSA) is 52.7 Å². The van der Waals surface area contributed by atoms with E-state index >= 15 is 0 Å². The molecule has 1 aliphatic heterocycles. The summed E-state index contributed by atoms with van der Waals surface area (Å²) in [5.41, 5.74) is 1.20. The predicted octanol–water partition coefficient (Wildman–Crippen LogP) is 1.36. The monoisotopic (exact) mass is 331 g/mol. The fraction of sp³-hybridized carbons (Fsp3) is 0.714. The zero-order chi connectivity index (χ0) is 15.5. The molecule has 1 aliphatic rings. The molecule has 0 saturated carbocycles. The van der Waals surface area contributed by atoms with Gasteiger partial charge in [-0.05, 0) is 43.3 Å². The number of nitrogens with zero attached hydrogens (tertiary/aromatic N) is 2. The van der Waals surface area contributed by atoms with Gasteiger partial charge in [0.2, 0.25) is 10.0 Å². The molecule has 5 nitrogen and oxygen atoms in total. The number of thiophene rings is 1. The second-order valence-electron chi connectivity index (χ2n) is 5.85. The number of likely N-dealkylation sites (N-methyl/N-ethyl adjacent to an activating group) is 1. The Morgan fingerprint density at radius 1 is 1.29 bits per heavy atom. The summed E-state index contributed by atoms with van der Waals surface area (Å²) in [5.74, 6) is 0. The molecule has 120 valence electrons. The molecule has 0 amide bonds. The van der Waals surface area contributed by atoms with E-state index in [1.807, 2.05) is 0 Å². The Balaban J connectivity index is 2.07. The van der Waals surface area contributed by atoms with Gasteiger partial charge in [0.1, 0.15) is 0 Å². The van der Waals surface area contributed by atoms with E-state index in [1.54, 1.807) is 25.2 Å². The van der Waals surface area contributed by atoms with Crippen molar-refractivity contribution < 1.29 is 8.42 Å². The van der Waals surface area contributed by atoms with E-state index in [4.69, 9.17) is 0 Å². The standard InChI is InChI=1S/C14H25N3O2S2/c1-12(2)21(18,19)15-10-14(13-4-9-20-11-13)17-7-5-16(3)6-8-17/h4,9,11-12,14-15H,5-8,10H2,1-3H3. The van der Waals surface area contributed by atoms with Crippen LogP contribution in [-0.2, 0) is 10.0 Å². The predicted molar refractivity (Wildman–Crippen MR) is 88.2 cm³/mol. The fourth-order valence-electron chi connectivity index (χ4n) is 2.42. The van der Waals surface area contributed by atoms with Crippen molar-refractivity contribution in [1.29, 1.82) is 0 Å². The van der Waals surface area contributed by atoms with E-state index in [0.717, 1.165) is 26.2 Å². The van der Waals surface area contributed by atoms with Crippen molar-refractivity contribution in [3.8, 4) is 0 Å². The first-order valence-corrected chi connectivity index (χ1v) is 9.82. The lowest BCUT2D eigenvalue weighted by molar-refractivity contribution is 0.113. The second kappa shape index (κ2) is 7.19. The van der Waals surface area contributed by atoms with Crippen LogP contribution in [0.4, 0.5) is 0 Å². The lowest BCUT2D eigenvalue weighted by Crippen LogP contribution is -2.48. The molecule has 1 N–H and O–H groups in total. The van der Waals surface area contributed by atoms with E-state index in [0.29, 0.717) is 6.54 Å². The fourth-order valence-corrected chi connectivity index (χ4v) is 3.85. The van der Waals surface area contributed by atoms with Gasteiger partial charge in [0.25, 0.3) is 0 Å². The third-order valence-corrected chi connectivity index (χ3v) is 6.52. The first kappa shape index (κ1) is 16.9. The molecule has 1 aromatic heterocycles. The van der Waals surface area contributed by atoms with Crippen molar-refractivity contribution in [3.63, 3.8) is 0 Å². The van der Waals surface area contributed by atoms with E-state index in [1.165, 1.54) is 5.56 Å². The van der Waals surface area contributed by atoms with Crippen molar-refractivity contribution in [3.05, 3.63) is 22.4 Å². The van der Waals surface area contributed by atoms with Gasteiger partial charge in [-0.2, -0.15) is 11.3 Å². The van der Waals surface area contributed by atoms with Crippen LogP contribution >= 0.6 is 11.3 Å². The molecule has 7 heteroatoms. The zero-order valence-electron chi connectivity index (χ0n) is 12.9. The van der Waals surface area contributed by atoms with Crippen LogP contribution in [0.25, 0.3) is 0 Å². The molecule has 0 spiro atoms. The van der Waals surface area contributed by atoms with Gasteiger partial charge in [0.05, 0.1) is 5.25 Å². The number of rotatable bonds is 6. The molecule has 1 fully saturated rings. The number of piperazine rings is 1. The average molecular weight is 332 g/mol. The van der Waals surface area contributed by atoms with Crippen molar-refractivity contribution in [2.75, 3.05) is 39.8 Å². The van der Waals surface area contributed by atoms with Gasteiger partial charge in [-0.15, -0.1) is 0 Å². The summed E-state index contributed by atoms with van der Waals surface area (Å²) >= 11 is 1.66. The first-order chi connectivity index (χ1) is 9.90. The Morgan fingerprint density at radius 2 is 1.95 bits per heavy atom.